The lowest BCUT2D eigenvalue weighted by molar-refractivity contribution is 0.0947. The summed E-state index contributed by atoms with van der Waals surface area (Å²) in [6.07, 6.45) is 0. The van der Waals surface area contributed by atoms with Crippen LogP contribution in [0.1, 0.15) is 21.1 Å². The number of benzene rings is 1. The predicted octanol–water partition coefficient (Wildman–Crippen LogP) is 3.28. The van der Waals surface area contributed by atoms with E-state index in [0.717, 1.165) is 10.7 Å². The Morgan fingerprint density at radius 1 is 1.56 bits per heavy atom. The fourth-order valence-electron chi connectivity index (χ4n) is 1.41. The van der Waals surface area contributed by atoms with Crippen molar-refractivity contribution in [3.63, 3.8) is 0 Å². The first-order valence-electron chi connectivity index (χ1n) is 5.20. The van der Waals surface area contributed by atoms with Crippen molar-refractivity contribution in [1.29, 1.82) is 0 Å². The Balaban J connectivity index is 2.03. The third-order valence-electron chi connectivity index (χ3n) is 2.24. The molecule has 3 nitrogen and oxygen atoms in total. The third-order valence-corrected chi connectivity index (χ3v) is 3.70. The van der Waals surface area contributed by atoms with Crippen molar-refractivity contribution in [2.75, 3.05) is 0 Å². The number of thiazole rings is 1. The zero-order valence-corrected chi connectivity index (χ0v) is 11.9. The molecule has 0 aliphatic rings. The second-order valence-corrected chi connectivity index (χ2v) is 5.55. The minimum atomic E-state index is -0.544. The standard InChI is InChI=1S/C12H10BrFN2OS/c1-7-6-18-11(16-7)5-15-12(17)9-3-2-8(13)4-10(9)14/h2-4,6H,5H2,1H3,(H,15,17). The van der Waals surface area contributed by atoms with Gasteiger partial charge in [0.1, 0.15) is 10.8 Å². The predicted molar refractivity (Wildman–Crippen MR) is 72.1 cm³/mol. The first-order chi connectivity index (χ1) is 8.56. The Morgan fingerprint density at radius 3 is 2.94 bits per heavy atom. The Kier molecular flexibility index (Phi) is 4.08. The van der Waals surface area contributed by atoms with Crippen LogP contribution < -0.4 is 5.32 Å². The van der Waals surface area contributed by atoms with E-state index in [1.807, 2.05) is 12.3 Å². The lowest BCUT2D eigenvalue weighted by atomic mass is 10.2. The van der Waals surface area contributed by atoms with Gasteiger partial charge in [0.15, 0.2) is 0 Å². The van der Waals surface area contributed by atoms with E-state index in [-0.39, 0.29) is 5.56 Å². The quantitative estimate of drug-likeness (QED) is 0.939. The summed E-state index contributed by atoms with van der Waals surface area (Å²) in [6, 6.07) is 4.34. The first-order valence-corrected chi connectivity index (χ1v) is 6.88. The van der Waals surface area contributed by atoms with Crippen LogP contribution in [0, 0.1) is 12.7 Å². The van der Waals surface area contributed by atoms with Gasteiger partial charge in [-0.15, -0.1) is 11.3 Å². The molecule has 1 N–H and O–H groups in total. The second-order valence-electron chi connectivity index (χ2n) is 3.69. The summed E-state index contributed by atoms with van der Waals surface area (Å²) in [6.45, 7) is 2.20. The van der Waals surface area contributed by atoms with Gasteiger partial charge in [-0.1, -0.05) is 15.9 Å². The topological polar surface area (TPSA) is 42.0 Å². The molecule has 2 rings (SSSR count). The van der Waals surface area contributed by atoms with Crippen molar-refractivity contribution in [3.05, 3.63) is 50.1 Å². The summed E-state index contributed by atoms with van der Waals surface area (Å²) in [5.74, 6) is -0.981. The number of aryl methyl sites for hydroxylation is 1. The number of nitrogens with one attached hydrogen (secondary N) is 1. The molecule has 6 heteroatoms. The van der Waals surface area contributed by atoms with E-state index in [1.54, 1.807) is 6.07 Å². The highest BCUT2D eigenvalue weighted by Crippen LogP contribution is 2.15. The highest BCUT2D eigenvalue weighted by atomic mass is 79.9. The van der Waals surface area contributed by atoms with Crippen molar-refractivity contribution in [2.45, 2.75) is 13.5 Å². The van der Waals surface area contributed by atoms with Crippen molar-refractivity contribution in [3.8, 4) is 0 Å². The van der Waals surface area contributed by atoms with E-state index < -0.39 is 11.7 Å². The zero-order valence-electron chi connectivity index (χ0n) is 9.54. The zero-order chi connectivity index (χ0) is 13.1. The number of halogens is 2. The molecule has 0 unspecified atom stereocenters. The van der Waals surface area contributed by atoms with Crippen molar-refractivity contribution in [1.82, 2.24) is 10.3 Å². The summed E-state index contributed by atoms with van der Waals surface area (Å²) in [5.41, 5.74) is 0.950. The summed E-state index contributed by atoms with van der Waals surface area (Å²) in [5, 5.41) is 5.35. The molecule has 0 spiro atoms. The first kappa shape index (κ1) is 13.2. The summed E-state index contributed by atoms with van der Waals surface area (Å²) < 4.78 is 14.1. The Labute approximate surface area is 116 Å². The molecule has 0 saturated carbocycles. The number of amides is 1. The molecule has 0 aliphatic heterocycles. The molecule has 2 aromatic rings. The Morgan fingerprint density at radius 2 is 2.33 bits per heavy atom. The molecule has 1 heterocycles. The van der Waals surface area contributed by atoms with E-state index in [1.165, 1.54) is 23.5 Å². The minimum absolute atomic E-state index is 0.0338. The van der Waals surface area contributed by atoms with E-state index in [0.29, 0.717) is 11.0 Å². The van der Waals surface area contributed by atoms with Crippen LogP contribution in [0.3, 0.4) is 0 Å². The van der Waals surface area contributed by atoms with Gasteiger partial charge in [0.2, 0.25) is 0 Å². The molecule has 0 atom stereocenters. The number of aromatic nitrogens is 1. The van der Waals surface area contributed by atoms with E-state index in [9.17, 15) is 9.18 Å². The largest absolute Gasteiger partial charge is 0.345 e. The molecule has 0 bridgehead atoms. The van der Waals surface area contributed by atoms with Crippen LogP contribution in [-0.4, -0.2) is 10.9 Å². The van der Waals surface area contributed by atoms with Crippen LogP contribution in [0.2, 0.25) is 0 Å². The molecule has 1 aromatic carbocycles. The van der Waals surface area contributed by atoms with Crippen LogP contribution in [-0.2, 0) is 6.54 Å². The molecule has 0 aliphatic carbocycles. The van der Waals surface area contributed by atoms with Gasteiger partial charge < -0.3 is 5.32 Å². The highest BCUT2D eigenvalue weighted by Gasteiger charge is 2.12. The monoisotopic (exact) mass is 328 g/mol. The number of carbonyl (C=O) groups is 1. The van der Waals surface area contributed by atoms with Gasteiger partial charge in [0.05, 0.1) is 12.1 Å². The smallest absolute Gasteiger partial charge is 0.254 e. The third kappa shape index (κ3) is 3.14. The molecular weight excluding hydrogens is 319 g/mol. The average Bonchev–Trinajstić information content (AvgIpc) is 2.72. The van der Waals surface area contributed by atoms with Crippen molar-refractivity contribution < 1.29 is 9.18 Å². The molecular formula is C12H10BrFN2OS. The fraction of sp³-hybridized carbons (Fsp3) is 0.167. The Hall–Kier alpha value is -1.27. The summed E-state index contributed by atoms with van der Waals surface area (Å²) >= 11 is 4.61. The van der Waals surface area contributed by atoms with E-state index in [4.69, 9.17) is 0 Å². The normalized spacial score (nSPS) is 10.4. The van der Waals surface area contributed by atoms with Gasteiger partial charge in [0.25, 0.3) is 5.91 Å². The molecule has 0 saturated heterocycles. The van der Waals surface area contributed by atoms with Crippen LogP contribution in [0.4, 0.5) is 4.39 Å². The van der Waals surface area contributed by atoms with E-state index >= 15 is 0 Å². The molecule has 1 amide bonds. The van der Waals surface area contributed by atoms with Crippen molar-refractivity contribution >= 4 is 33.2 Å². The second kappa shape index (κ2) is 5.58. The molecule has 0 radical (unpaired) electrons. The van der Waals surface area contributed by atoms with Gasteiger partial charge in [-0.3, -0.25) is 4.79 Å². The maximum Gasteiger partial charge on any atom is 0.254 e. The summed E-state index contributed by atoms with van der Waals surface area (Å²) in [7, 11) is 0. The van der Waals surface area contributed by atoms with Gasteiger partial charge in [-0.05, 0) is 25.1 Å². The molecule has 1 aromatic heterocycles. The number of rotatable bonds is 3. The number of nitrogens with zero attached hydrogens (tertiary/aromatic N) is 1. The SMILES string of the molecule is Cc1csc(CNC(=O)c2ccc(Br)cc2F)n1. The lowest BCUT2D eigenvalue weighted by Crippen LogP contribution is -2.23. The van der Waals surface area contributed by atoms with Crippen LogP contribution in [0.5, 0.6) is 0 Å². The van der Waals surface area contributed by atoms with Crippen LogP contribution >= 0.6 is 27.3 Å². The van der Waals surface area contributed by atoms with Gasteiger partial charge in [-0.2, -0.15) is 0 Å². The molecule has 94 valence electrons. The van der Waals surface area contributed by atoms with E-state index in [2.05, 4.69) is 26.2 Å². The average molecular weight is 329 g/mol. The summed E-state index contributed by atoms with van der Waals surface area (Å²) in [4.78, 5) is 16.0. The maximum absolute atomic E-state index is 13.5. The van der Waals surface area contributed by atoms with Crippen LogP contribution in [0.25, 0.3) is 0 Å². The van der Waals surface area contributed by atoms with Gasteiger partial charge >= 0.3 is 0 Å². The molecule has 0 fully saturated rings. The maximum atomic E-state index is 13.5. The van der Waals surface area contributed by atoms with Gasteiger partial charge in [0, 0.05) is 15.5 Å². The Bertz CT molecular complexity index is 585. The number of hydrogen-bond acceptors (Lipinski definition) is 3. The minimum Gasteiger partial charge on any atom is -0.345 e. The van der Waals surface area contributed by atoms with Crippen molar-refractivity contribution in [2.24, 2.45) is 0 Å². The van der Waals surface area contributed by atoms with Gasteiger partial charge in [-0.25, -0.2) is 9.37 Å². The molecule has 18 heavy (non-hydrogen) atoms. The fourth-order valence-corrected chi connectivity index (χ4v) is 2.45. The highest BCUT2D eigenvalue weighted by molar-refractivity contribution is 9.10. The lowest BCUT2D eigenvalue weighted by Gasteiger charge is -2.04. The number of carbonyl (C=O) groups excluding carboxylic acids is 1. The van der Waals surface area contributed by atoms with Crippen LogP contribution in [0.15, 0.2) is 28.1 Å². The number of hydrogen-bond donors (Lipinski definition) is 1.